The Morgan fingerprint density at radius 2 is 2.33 bits per heavy atom. The van der Waals surface area contributed by atoms with Crippen LogP contribution in [0.1, 0.15) is 40.8 Å². The Labute approximate surface area is 87.1 Å². The molecule has 2 rings (SSSR count). The van der Waals surface area contributed by atoms with E-state index in [-0.39, 0.29) is 12.3 Å². The summed E-state index contributed by atoms with van der Waals surface area (Å²) in [7, 11) is 1.54. The molecule has 1 saturated carbocycles. The van der Waals surface area contributed by atoms with E-state index in [9.17, 15) is 4.79 Å². The molecule has 0 amide bonds. The highest BCUT2D eigenvalue weighted by molar-refractivity contribution is 5.85. The zero-order valence-corrected chi connectivity index (χ0v) is 8.43. The number of ether oxygens (including phenoxy) is 1. The number of carboxylic acids is 1. The van der Waals surface area contributed by atoms with Crippen molar-refractivity contribution in [3.63, 3.8) is 0 Å². The van der Waals surface area contributed by atoms with Gasteiger partial charge in [-0.2, -0.15) is 0 Å². The van der Waals surface area contributed by atoms with E-state index in [0.717, 1.165) is 18.5 Å². The van der Waals surface area contributed by atoms with E-state index in [0.29, 0.717) is 11.7 Å². The lowest BCUT2D eigenvalue weighted by molar-refractivity contribution is 0.0688. The number of nitrogens with zero attached hydrogens (tertiary/aromatic N) is 2. The topological polar surface area (TPSA) is 72.3 Å². The van der Waals surface area contributed by atoms with Gasteiger partial charge in [0.25, 0.3) is 0 Å². The Morgan fingerprint density at radius 3 is 2.87 bits per heavy atom. The third-order valence-corrected chi connectivity index (χ3v) is 2.28. The third kappa shape index (κ3) is 2.30. The summed E-state index contributed by atoms with van der Waals surface area (Å²) < 4.78 is 4.90. The third-order valence-electron chi connectivity index (χ3n) is 2.28. The highest BCUT2D eigenvalue weighted by Gasteiger charge is 2.26. The molecule has 5 nitrogen and oxygen atoms in total. The summed E-state index contributed by atoms with van der Waals surface area (Å²) in [6.07, 6.45) is 2.17. The first-order valence-corrected chi connectivity index (χ1v) is 4.81. The minimum absolute atomic E-state index is 0.0546. The van der Waals surface area contributed by atoms with Crippen LogP contribution in [0.5, 0.6) is 0 Å². The zero-order chi connectivity index (χ0) is 10.8. The molecule has 1 aliphatic carbocycles. The van der Waals surface area contributed by atoms with E-state index in [1.54, 1.807) is 6.07 Å². The Hall–Kier alpha value is -1.49. The Morgan fingerprint density at radius 1 is 1.60 bits per heavy atom. The molecule has 0 spiro atoms. The Balaban J connectivity index is 2.34. The number of aromatic nitrogens is 2. The molecule has 15 heavy (non-hydrogen) atoms. The fourth-order valence-corrected chi connectivity index (χ4v) is 1.41. The molecule has 0 bridgehead atoms. The van der Waals surface area contributed by atoms with Gasteiger partial charge in [-0.25, -0.2) is 14.8 Å². The van der Waals surface area contributed by atoms with Crippen LogP contribution in [-0.4, -0.2) is 28.2 Å². The summed E-state index contributed by atoms with van der Waals surface area (Å²) in [4.78, 5) is 19.0. The van der Waals surface area contributed by atoms with Crippen LogP contribution in [0.15, 0.2) is 6.07 Å². The highest BCUT2D eigenvalue weighted by atomic mass is 16.5. The standard InChI is InChI=1S/C10H12N2O3/c1-15-5-9-11-7(6-2-3-6)4-8(12-9)10(13)14/h4,6H,2-3,5H2,1H3,(H,13,14). The molecule has 0 unspecified atom stereocenters. The van der Waals surface area contributed by atoms with Crippen LogP contribution in [-0.2, 0) is 11.3 Å². The number of carbonyl (C=O) groups is 1. The van der Waals surface area contributed by atoms with Crippen molar-refractivity contribution in [2.24, 2.45) is 0 Å². The summed E-state index contributed by atoms with van der Waals surface area (Å²) in [5.41, 5.74) is 0.883. The lowest BCUT2D eigenvalue weighted by atomic mass is 10.2. The summed E-state index contributed by atoms with van der Waals surface area (Å²) in [6.45, 7) is 0.251. The lowest BCUT2D eigenvalue weighted by Crippen LogP contribution is -2.08. The first-order valence-electron chi connectivity index (χ1n) is 4.81. The summed E-state index contributed by atoms with van der Waals surface area (Å²) >= 11 is 0. The summed E-state index contributed by atoms with van der Waals surface area (Å²) in [5, 5.41) is 8.87. The van der Waals surface area contributed by atoms with E-state index in [1.807, 2.05) is 0 Å². The van der Waals surface area contributed by atoms with Gasteiger partial charge in [-0.15, -0.1) is 0 Å². The number of aromatic carboxylic acids is 1. The molecule has 80 valence electrons. The van der Waals surface area contributed by atoms with Gasteiger partial charge < -0.3 is 9.84 Å². The summed E-state index contributed by atoms with van der Waals surface area (Å²) in [6, 6.07) is 1.55. The van der Waals surface area contributed by atoms with Crippen LogP contribution in [0.25, 0.3) is 0 Å². The van der Waals surface area contributed by atoms with Crippen molar-refractivity contribution in [1.82, 2.24) is 9.97 Å². The minimum atomic E-state index is -1.02. The van der Waals surface area contributed by atoms with Crippen LogP contribution < -0.4 is 0 Å². The van der Waals surface area contributed by atoms with Crippen LogP contribution in [0.3, 0.4) is 0 Å². The molecule has 0 saturated heterocycles. The molecule has 1 heterocycles. The minimum Gasteiger partial charge on any atom is -0.477 e. The average Bonchev–Trinajstić information content (AvgIpc) is 3.01. The van der Waals surface area contributed by atoms with E-state index >= 15 is 0 Å². The van der Waals surface area contributed by atoms with Gasteiger partial charge >= 0.3 is 5.97 Å². The number of methoxy groups -OCH3 is 1. The monoisotopic (exact) mass is 208 g/mol. The Kier molecular flexibility index (Phi) is 2.64. The molecule has 0 atom stereocenters. The smallest absolute Gasteiger partial charge is 0.354 e. The van der Waals surface area contributed by atoms with Gasteiger partial charge in [0.2, 0.25) is 0 Å². The van der Waals surface area contributed by atoms with Crippen LogP contribution in [0.2, 0.25) is 0 Å². The number of hydrogen-bond acceptors (Lipinski definition) is 4. The van der Waals surface area contributed by atoms with Gasteiger partial charge in [-0.05, 0) is 18.9 Å². The molecule has 0 radical (unpaired) electrons. The fourth-order valence-electron chi connectivity index (χ4n) is 1.41. The van der Waals surface area contributed by atoms with Crippen molar-refractivity contribution in [3.8, 4) is 0 Å². The van der Waals surface area contributed by atoms with Crippen LogP contribution >= 0.6 is 0 Å². The molecule has 1 aromatic rings. The number of carboxylic acid groups (broad SMARTS) is 1. The maximum absolute atomic E-state index is 10.8. The van der Waals surface area contributed by atoms with E-state index < -0.39 is 5.97 Å². The quantitative estimate of drug-likeness (QED) is 0.804. The molecule has 5 heteroatoms. The van der Waals surface area contributed by atoms with Crippen LogP contribution in [0.4, 0.5) is 0 Å². The second-order valence-corrected chi connectivity index (χ2v) is 3.61. The molecular weight excluding hydrogens is 196 g/mol. The van der Waals surface area contributed by atoms with Crippen molar-refractivity contribution >= 4 is 5.97 Å². The van der Waals surface area contributed by atoms with Gasteiger partial charge in [-0.1, -0.05) is 0 Å². The zero-order valence-electron chi connectivity index (χ0n) is 8.43. The van der Waals surface area contributed by atoms with E-state index in [2.05, 4.69) is 9.97 Å². The van der Waals surface area contributed by atoms with Gasteiger partial charge in [0.05, 0.1) is 0 Å². The van der Waals surface area contributed by atoms with E-state index in [4.69, 9.17) is 9.84 Å². The van der Waals surface area contributed by atoms with E-state index in [1.165, 1.54) is 7.11 Å². The maximum Gasteiger partial charge on any atom is 0.354 e. The van der Waals surface area contributed by atoms with Gasteiger partial charge in [-0.3, -0.25) is 0 Å². The highest BCUT2D eigenvalue weighted by Crippen LogP contribution is 2.39. The molecule has 1 aromatic heterocycles. The fraction of sp³-hybridized carbons (Fsp3) is 0.500. The van der Waals surface area contributed by atoms with Gasteiger partial charge in [0.15, 0.2) is 11.5 Å². The second-order valence-electron chi connectivity index (χ2n) is 3.61. The maximum atomic E-state index is 10.8. The molecular formula is C10H12N2O3. The lowest BCUT2D eigenvalue weighted by Gasteiger charge is -2.04. The predicted octanol–water partition coefficient (Wildman–Crippen LogP) is 1.20. The van der Waals surface area contributed by atoms with Gasteiger partial charge in [0.1, 0.15) is 6.61 Å². The molecule has 1 fully saturated rings. The first kappa shape index (κ1) is 10.0. The van der Waals surface area contributed by atoms with Crippen molar-refractivity contribution < 1.29 is 14.6 Å². The summed E-state index contributed by atoms with van der Waals surface area (Å²) in [5.74, 6) is -0.155. The molecule has 1 aliphatic rings. The molecule has 0 aromatic carbocycles. The normalized spacial score (nSPS) is 15.3. The number of rotatable bonds is 4. The van der Waals surface area contributed by atoms with Crippen molar-refractivity contribution in [3.05, 3.63) is 23.3 Å². The van der Waals surface area contributed by atoms with Crippen LogP contribution in [0, 0.1) is 0 Å². The van der Waals surface area contributed by atoms with Crippen molar-refractivity contribution in [2.45, 2.75) is 25.4 Å². The molecule has 1 N–H and O–H groups in total. The second kappa shape index (κ2) is 3.94. The molecule has 0 aliphatic heterocycles. The first-order chi connectivity index (χ1) is 7.20. The van der Waals surface area contributed by atoms with Crippen molar-refractivity contribution in [2.75, 3.05) is 7.11 Å². The number of hydrogen-bond donors (Lipinski definition) is 1. The largest absolute Gasteiger partial charge is 0.477 e. The average molecular weight is 208 g/mol. The Bertz CT molecular complexity index is 388. The predicted molar refractivity (Wildman–Crippen MR) is 51.7 cm³/mol. The SMILES string of the molecule is COCc1nc(C(=O)O)cc(C2CC2)n1. The van der Waals surface area contributed by atoms with Crippen molar-refractivity contribution in [1.29, 1.82) is 0 Å². The van der Waals surface area contributed by atoms with Gasteiger partial charge in [0, 0.05) is 18.7 Å².